The molecule has 27 heavy (non-hydrogen) atoms. The van der Waals surface area contributed by atoms with Crippen molar-refractivity contribution in [1.29, 1.82) is 0 Å². The van der Waals surface area contributed by atoms with Crippen LogP contribution in [0.1, 0.15) is 50.5 Å². The van der Waals surface area contributed by atoms with E-state index in [4.69, 9.17) is 11.6 Å². The largest absolute Gasteiger partial charge is 0.417 e. The van der Waals surface area contributed by atoms with Gasteiger partial charge in [0.05, 0.1) is 16.8 Å². The molecule has 0 bridgehead atoms. The zero-order valence-corrected chi connectivity index (χ0v) is 14.5. The van der Waals surface area contributed by atoms with Crippen LogP contribution >= 0.6 is 11.6 Å². The third-order valence-electron chi connectivity index (χ3n) is 4.18. The van der Waals surface area contributed by atoms with Crippen LogP contribution in [0.4, 0.5) is 17.6 Å². The highest BCUT2D eigenvalue weighted by atomic mass is 35.5. The number of hydrogen-bond acceptors (Lipinski definition) is 3. The van der Waals surface area contributed by atoms with Crippen molar-refractivity contribution in [1.82, 2.24) is 10.3 Å². The summed E-state index contributed by atoms with van der Waals surface area (Å²) in [5.74, 6) is -2.18. The summed E-state index contributed by atoms with van der Waals surface area (Å²) < 4.78 is 53.8. The molecule has 0 atom stereocenters. The number of carbonyl (C=O) groups excluding carboxylic acids is 2. The Hall–Kier alpha value is -2.48. The molecule has 1 N–H and O–H groups in total. The zero-order chi connectivity index (χ0) is 19.8. The number of hydrogen-bond donors (Lipinski definition) is 1. The number of ketones is 1. The Morgan fingerprint density at radius 1 is 1.22 bits per heavy atom. The van der Waals surface area contributed by atoms with Crippen molar-refractivity contribution in [2.45, 2.75) is 32.0 Å². The molecule has 4 nitrogen and oxygen atoms in total. The molecule has 9 heteroatoms. The Morgan fingerprint density at radius 3 is 2.63 bits per heavy atom. The third-order valence-corrected chi connectivity index (χ3v) is 4.42. The SMILES string of the molecule is O=C(NCc1ccc(Cl)cc1F)c1cc(C(F)(F)F)c2c(n1)CCCC2=O. The van der Waals surface area contributed by atoms with E-state index < -0.39 is 40.5 Å². The fraction of sp³-hybridized carbons (Fsp3) is 0.278. The number of nitrogens with zero attached hydrogens (tertiary/aromatic N) is 1. The lowest BCUT2D eigenvalue weighted by Gasteiger charge is -2.20. The smallest absolute Gasteiger partial charge is 0.347 e. The average molecular weight is 401 g/mol. The number of rotatable bonds is 3. The van der Waals surface area contributed by atoms with Crippen molar-refractivity contribution in [3.8, 4) is 0 Å². The van der Waals surface area contributed by atoms with Gasteiger partial charge in [-0.1, -0.05) is 17.7 Å². The highest BCUT2D eigenvalue weighted by Gasteiger charge is 2.39. The normalized spacial score (nSPS) is 14.0. The van der Waals surface area contributed by atoms with Crippen LogP contribution in [0.5, 0.6) is 0 Å². The van der Waals surface area contributed by atoms with Crippen LogP contribution in [0.2, 0.25) is 5.02 Å². The molecule has 0 saturated carbocycles. The molecule has 3 rings (SSSR count). The number of benzene rings is 1. The van der Waals surface area contributed by atoms with Gasteiger partial charge in [0.15, 0.2) is 5.78 Å². The van der Waals surface area contributed by atoms with Gasteiger partial charge in [0, 0.05) is 23.6 Å². The predicted molar refractivity (Wildman–Crippen MR) is 89.1 cm³/mol. The van der Waals surface area contributed by atoms with Crippen molar-refractivity contribution in [2.24, 2.45) is 0 Å². The van der Waals surface area contributed by atoms with Crippen LogP contribution in [-0.2, 0) is 19.1 Å². The summed E-state index contributed by atoms with van der Waals surface area (Å²) in [6, 6.07) is 4.41. The quantitative estimate of drug-likeness (QED) is 0.780. The van der Waals surface area contributed by atoms with E-state index in [9.17, 15) is 27.2 Å². The van der Waals surface area contributed by atoms with E-state index in [1.54, 1.807) is 0 Å². The minimum Gasteiger partial charge on any atom is -0.347 e. The molecule has 1 amide bonds. The number of halogens is 5. The van der Waals surface area contributed by atoms with E-state index >= 15 is 0 Å². The molecule has 0 radical (unpaired) electrons. The van der Waals surface area contributed by atoms with Crippen LogP contribution in [0, 0.1) is 5.82 Å². The van der Waals surface area contributed by atoms with Gasteiger partial charge >= 0.3 is 6.18 Å². The summed E-state index contributed by atoms with van der Waals surface area (Å²) in [7, 11) is 0. The summed E-state index contributed by atoms with van der Waals surface area (Å²) in [4.78, 5) is 28.1. The first-order chi connectivity index (χ1) is 12.7. The van der Waals surface area contributed by atoms with Gasteiger partial charge in [0.25, 0.3) is 5.91 Å². The summed E-state index contributed by atoms with van der Waals surface area (Å²) in [5.41, 5.74) is -2.01. The number of pyridine rings is 1. The maximum Gasteiger partial charge on any atom is 0.417 e. The van der Waals surface area contributed by atoms with Crippen molar-refractivity contribution in [3.63, 3.8) is 0 Å². The Morgan fingerprint density at radius 2 is 1.96 bits per heavy atom. The molecule has 142 valence electrons. The minimum atomic E-state index is -4.79. The van der Waals surface area contributed by atoms with Crippen LogP contribution in [0.15, 0.2) is 24.3 Å². The molecule has 0 spiro atoms. The monoisotopic (exact) mass is 400 g/mol. The number of amides is 1. The van der Waals surface area contributed by atoms with Crippen molar-refractivity contribution in [2.75, 3.05) is 0 Å². The van der Waals surface area contributed by atoms with Gasteiger partial charge in [-0.15, -0.1) is 0 Å². The standard InChI is InChI=1S/C18H13ClF4N2O2/c19-10-5-4-9(12(20)6-10)8-24-17(27)14-7-11(18(21,22)23)16-13(25-14)2-1-3-15(16)26/h4-7H,1-3,8H2,(H,24,27). The van der Waals surface area contributed by atoms with E-state index in [-0.39, 0.29) is 35.7 Å². The molecule has 0 saturated heterocycles. The van der Waals surface area contributed by atoms with Gasteiger partial charge in [-0.25, -0.2) is 9.37 Å². The van der Waals surface area contributed by atoms with Crippen molar-refractivity contribution in [3.05, 3.63) is 63.2 Å². The Bertz CT molecular complexity index is 928. The molecule has 1 aliphatic rings. The fourth-order valence-corrected chi connectivity index (χ4v) is 3.06. The highest BCUT2D eigenvalue weighted by Crippen LogP contribution is 2.36. The third kappa shape index (κ3) is 4.10. The van der Waals surface area contributed by atoms with Crippen molar-refractivity contribution >= 4 is 23.3 Å². The van der Waals surface area contributed by atoms with Crippen LogP contribution in [0.3, 0.4) is 0 Å². The molecule has 0 unspecified atom stereocenters. The molecule has 0 fully saturated rings. The van der Waals surface area contributed by atoms with Gasteiger partial charge in [-0.2, -0.15) is 13.2 Å². The lowest BCUT2D eigenvalue weighted by Crippen LogP contribution is -2.28. The summed E-state index contributed by atoms with van der Waals surface area (Å²) >= 11 is 5.64. The van der Waals surface area contributed by atoms with Gasteiger partial charge in [0.2, 0.25) is 0 Å². The Labute approximate surface area is 156 Å². The molecule has 1 heterocycles. The second-order valence-corrected chi connectivity index (χ2v) is 6.51. The van der Waals surface area contributed by atoms with Crippen LogP contribution in [0.25, 0.3) is 0 Å². The second-order valence-electron chi connectivity index (χ2n) is 6.07. The number of Topliss-reactive ketones (excluding diaryl/α,β-unsaturated/α-hetero) is 1. The van der Waals surface area contributed by atoms with E-state index in [0.29, 0.717) is 12.5 Å². The first kappa shape index (κ1) is 19.3. The van der Waals surface area contributed by atoms with E-state index in [2.05, 4.69) is 10.3 Å². The maximum absolute atomic E-state index is 13.8. The number of alkyl halides is 3. The number of fused-ring (bicyclic) bond motifs is 1. The average Bonchev–Trinajstić information content (AvgIpc) is 2.59. The van der Waals surface area contributed by atoms with E-state index in [0.717, 1.165) is 6.07 Å². The summed E-state index contributed by atoms with van der Waals surface area (Å²) in [5, 5.41) is 2.51. The lowest BCUT2D eigenvalue weighted by molar-refractivity contribution is -0.138. The molecule has 1 aromatic carbocycles. The first-order valence-corrected chi connectivity index (χ1v) is 8.41. The molecule has 1 aromatic heterocycles. The Kier molecular flexibility index (Phi) is 5.19. The predicted octanol–water partition coefficient (Wildman–Crippen LogP) is 4.34. The van der Waals surface area contributed by atoms with Gasteiger partial charge in [-0.3, -0.25) is 9.59 Å². The molecule has 0 aliphatic heterocycles. The number of aryl methyl sites for hydroxylation is 1. The van der Waals surface area contributed by atoms with Gasteiger partial charge < -0.3 is 5.32 Å². The summed E-state index contributed by atoms with van der Waals surface area (Å²) in [6.45, 7) is -0.249. The molecule has 2 aromatic rings. The fourth-order valence-electron chi connectivity index (χ4n) is 2.90. The first-order valence-electron chi connectivity index (χ1n) is 8.03. The van der Waals surface area contributed by atoms with Crippen LogP contribution < -0.4 is 5.32 Å². The topological polar surface area (TPSA) is 59.1 Å². The van der Waals surface area contributed by atoms with Gasteiger partial charge in [0.1, 0.15) is 11.5 Å². The van der Waals surface area contributed by atoms with Crippen molar-refractivity contribution < 1.29 is 27.2 Å². The summed E-state index contributed by atoms with van der Waals surface area (Å²) in [6.07, 6.45) is -4.23. The maximum atomic E-state index is 13.8. The zero-order valence-electron chi connectivity index (χ0n) is 13.8. The Balaban J connectivity index is 1.90. The minimum absolute atomic E-state index is 0.0130. The van der Waals surface area contributed by atoms with Crippen LogP contribution in [-0.4, -0.2) is 16.7 Å². The molecule has 1 aliphatic carbocycles. The molecular weight excluding hydrogens is 388 g/mol. The van der Waals surface area contributed by atoms with E-state index in [1.165, 1.54) is 12.1 Å². The number of nitrogens with one attached hydrogen (secondary N) is 1. The number of aromatic nitrogens is 1. The second kappa shape index (κ2) is 7.26. The van der Waals surface area contributed by atoms with E-state index in [1.807, 2.05) is 0 Å². The number of carbonyl (C=O) groups is 2. The highest BCUT2D eigenvalue weighted by molar-refractivity contribution is 6.30. The lowest BCUT2D eigenvalue weighted by atomic mass is 9.90. The molecular formula is C18H13ClF4N2O2. The van der Waals surface area contributed by atoms with Gasteiger partial charge in [-0.05, 0) is 31.0 Å².